The van der Waals surface area contributed by atoms with Crippen LogP contribution in [0.2, 0.25) is 0 Å². The molecule has 0 aliphatic heterocycles. The highest BCUT2D eigenvalue weighted by Gasteiger charge is 2.03. The number of aryl methyl sites for hydroxylation is 1. The van der Waals surface area contributed by atoms with Crippen LogP contribution in [-0.4, -0.2) is 9.78 Å². The van der Waals surface area contributed by atoms with Crippen LogP contribution in [0, 0.1) is 0 Å². The molecule has 0 aliphatic rings. The van der Waals surface area contributed by atoms with Gasteiger partial charge in [0, 0.05) is 13.2 Å². The van der Waals surface area contributed by atoms with Gasteiger partial charge in [0.2, 0.25) is 0 Å². The second kappa shape index (κ2) is 2.86. The molecular weight excluding hydrogens is 124 g/mol. The summed E-state index contributed by atoms with van der Waals surface area (Å²) in [5, 5.41) is 4.30. The largest absolute Gasteiger partial charge is 0.276 e. The van der Waals surface area contributed by atoms with E-state index in [1.54, 1.807) is 0 Å². The van der Waals surface area contributed by atoms with Gasteiger partial charge < -0.3 is 0 Å². The molecule has 10 heavy (non-hydrogen) atoms. The Morgan fingerprint density at radius 2 is 2.40 bits per heavy atom. The fraction of sp³-hybridized carbons (Fsp3) is 0.625. The van der Waals surface area contributed by atoms with Crippen LogP contribution in [0.25, 0.3) is 0 Å². The average molecular weight is 138 g/mol. The van der Waals surface area contributed by atoms with E-state index >= 15 is 0 Å². The molecule has 2 nitrogen and oxygen atoms in total. The number of nitrogens with zero attached hydrogens (tertiary/aromatic N) is 2. The Bertz CT molecular complexity index is 203. The molecule has 0 spiro atoms. The summed E-state index contributed by atoms with van der Waals surface area (Å²) < 4.78 is 1.85. The van der Waals surface area contributed by atoms with Crippen molar-refractivity contribution in [3.8, 4) is 0 Å². The van der Waals surface area contributed by atoms with Gasteiger partial charge in [0.15, 0.2) is 0 Å². The molecule has 0 saturated heterocycles. The summed E-state index contributed by atoms with van der Waals surface area (Å²) in [5.41, 5.74) is 1.20. The van der Waals surface area contributed by atoms with Gasteiger partial charge in [-0.25, -0.2) is 0 Å². The van der Waals surface area contributed by atoms with Gasteiger partial charge in [-0.05, 0) is 18.4 Å². The maximum atomic E-state index is 4.30. The van der Waals surface area contributed by atoms with Crippen LogP contribution in [-0.2, 0) is 7.05 Å². The third-order valence-corrected chi connectivity index (χ3v) is 1.85. The first kappa shape index (κ1) is 7.32. The average Bonchev–Trinajstić information content (AvgIpc) is 2.34. The second-order valence-electron chi connectivity index (χ2n) is 2.72. The van der Waals surface area contributed by atoms with Crippen molar-refractivity contribution in [2.75, 3.05) is 0 Å². The summed E-state index contributed by atoms with van der Waals surface area (Å²) >= 11 is 0. The van der Waals surface area contributed by atoms with Gasteiger partial charge in [-0.1, -0.05) is 13.8 Å². The minimum atomic E-state index is 0.598. The van der Waals surface area contributed by atoms with Crippen molar-refractivity contribution in [3.63, 3.8) is 0 Å². The molecule has 1 rings (SSSR count). The third kappa shape index (κ3) is 1.38. The minimum Gasteiger partial charge on any atom is -0.276 e. The maximum absolute atomic E-state index is 4.30. The van der Waals surface area contributed by atoms with Crippen molar-refractivity contribution in [1.29, 1.82) is 0 Å². The molecule has 1 heterocycles. The zero-order chi connectivity index (χ0) is 7.56. The van der Waals surface area contributed by atoms with Crippen LogP contribution in [0.15, 0.2) is 12.3 Å². The highest BCUT2D eigenvalue weighted by atomic mass is 15.2. The van der Waals surface area contributed by atoms with Gasteiger partial charge in [-0.15, -0.1) is 0 Å². The van der Waals surface area contributed by atoms with Crippen molar-refractivity contribution in [3.05, 3.63) is 18.0 Å². The maximum Gasteiger partial charge on any atom is 0.0652 e. The standard InChI is InChI=1S/C8H14N2/c1-4-7(2)8-5-6-10(3)9-8/h5-7H,4H2,1-3H3. The van der Waals surface area contributed by atoms with E-state index in [9.17, 15) is 0 Å². The van der Waals surface area contributed by atoms with E-state index in [4.69, 9.17) is 0 Å². The molecule has 0 bridgehead atoms. The first-order chi connectivity index (χ1) is 4.74. The SMILES string of the molecule is CCC(C)c1ccn(C)n1. The van der Waals surface area contributed by atoms with Gasteiger partial charge >= 0.3 is 0 Å². The first-order valence-electron chi connectivity index (χ1n) is 3.73. The Kier molecular flexibility index (Phi) is 2.10. The van der Waals surface area contributed by atoms with E-state index in [0.717, 1.165) is 6.42 Å². The Morgan fingerprint density at radius 3 is 2.80 bits per heavy atom. The van der Waals surface area contributed by atoms with Crippen LogP contribution in [0.5, 0.6) is 0 Å². The molecule has 0 saturated carbocycles. The Labute approximate surface area is 61.9 Å². The lowest BCUT2D eigenvalue weighted by atomic mass is 10.1. The van der Waals surface area contributed by atoms with E-state index in [1.807, 2.05) is 17.9 Å². The molecule has 0 N–H and O–H groups in total. The number of rotatable bonds is 2. The van der Waals surface area contributed by atoms with Crippen molar-refractivity contribution >= 4 is 0 Å². The Balaban J connectivity index is 2.74. The second-order valence-corrected chi connectivity index (χ2v) is 2.72. The zero-order valence-corrected chi connectivity index (χ0v) is 6.83. The third-order valence-electron chi connectivity index (χ3n) is 1.85. The van der Waals surface area contributed by atoms with Crippen molar-refractivity contribution in [1.82, 2.24) is 9.78 Å². The van der Waals surface area contributed by atoms with Gasteiger partial charge in [0.1, 0.15) is 0 Å². The van der Waals surface area contributed by atoms with Gasteiger partial charge in [0.05, 0.1) is 5.69 Å². The Morgan fingerprint density at radius 1 is 1.70 bits per heavy atom. The summed E-state index contributed by atoms with van der Waals surface area (Å²) in [7, 11) is 1.95. The van der Waals surface area contributed by atoms with E-state index in [-0.39, 0.29) is 0 Å². The number of aromatic nitrogens is 2. The van der Waals surface area contributed by atoms with E-state index in [2.05, 4.69) is 25.0 Å². The predicted octanol–water partition coefficient (Wildman–Crippen LogP) is 1.93. The highest BCUT2D eigenvalue weighted by Crippen LogP contribution is 2.14. The van der Waals surface area contributed by atoms with Crippen LogP contribution >= 0.6 is 0 Å². The normalized spacial score (nSPS) is 13.5. The smallest absolute Gasteiger partial charge is 0.0652 e. The zero-order valence-electron chi connectivity index (χ0n) is 6.83. The topological polar surface area (TPSA) is 17.8 Å². The first-order valence-corrected chi connectivity index (χ1v) is 3.73. The summed E-state index contributed by atoms with van der Waals surface area (Å²) in [4.78, 5) is 0. The molecule has 0 amide bonds. The summed E-state index contributed by atoms with van der Waals surface area (Å²) in [6.07, 6.45) is 3.15. The summed E-state index contributed by atoms with van der Waals surface area (Å²) in [6.45, 7) is 4.38. The van der Waals surface area contributed by atoms with E-state index in [1.165, 1.54) is 5.69 Å². The molecule has 0 aliphatic carbocycles. The van der Waals surface area contributed by atoms with Gasteiger partial charge in [-0.2, -0.15) is 5.10 Å². The summed E-state index contributed by atoms with van der Waals surface area (Å²) in [5.74, 6) is 0.598. The summed E-state index contributed by atoms with van der Waals surface area (Å²) in [6, 6.07) is 2.08. The van der Waals surface area contributed by atoms with Gasteiger partial charge in [-0.3, -0.25) is 4.68 Å². The lowest BCUT2D eigenvalue weighted by molar-refractivity contribution is 0.665. The van der Waals surface area contributed by atoms with Crippen LogP contribution in [0.3, 0.4) is 0 Å². The molecule has 1 aromatic rings. The van der Waals surface area contributed by atoms with Crippen LogP contribution in [0.1, 0.15) is 31.9 Å². The monoisotopic (exact) mass is 138 g/mol. The molecule has 2 heteroatoms. The molecule has 0 aromatic carbocycles. The molecule has 1 atom stereocenters. The number of hydrogen-bond donors (Lipinski definition) is 0. The fourth-order valence-corrected chi connectivity index (χ4v) is 0.905. The molecule has 0 fully saturated rings. The molecular formula is C8H14N2. The molecule has 0 radical (unpaired) electrons. The lowest BCUT2D eigenvalue weighted by Crippen LogP contribution is -1.94. The minimum absolute atomic E-state index is 0.598. The molecule has 1 unspecified atom stereocenters. The van der Waals surface area contributed by atoms with Crippen molar-refractivity contribution in [2.24, 2.45) is 7.05 Å². The predicted molar refractivity (Wildman–Crippen MR) is 41.9 cm³/mol. The molecule has 56 valence electrons. The van der Waals surface area contributed by atoms with Crippen molar-refractivity contribution < 1.29 is 0 Å². The van der Waals surface area contributed by atoms with Crippen LogP contribution < -0.4 is 0 Å². The Hall–Kier alpha value is -0.790. The van der Waals surface area contributed by atoms with E-state index in [0.29, 0.717) is 5.92 Å². The molecule has 1 aromatic heterocycles. The lowest BCUT2D eigenvalue weighted by Gasteiger charge is -2.01. The quantitative estimate of drug-likeness (QED) is 0.610. The van der Waals surface area contributed by atoms with Gasteiger partial charge in [0.25, 0.3) is 0 Å². The van der Waals surface area contributed by atoms with Crippen molar-refractivity contribution in [2.45, 2.75) is 26.2 Å². The highest BCUT2D eigenvalue weighted by molar-refractivity contribution is 5.04. The van der Waals surface area contributed by atoms with Crippen LogP contribution in [0.4, 0.5) is 0 Å². The fourth-order valence-electron chi connectivity index (χ4n) is 0.905. The number of hydrogen-bond acceptors (Lipinski definition) is 1. The van der Waals surface area contributed by atoms with E-state index < -0.39 is 0 Å².